The van der Waals surface area contributed by atoms with E-state index in [0.29, 0.717) is 4.83 Å². The quantitative estimate of drug-likeness (QED) is 0.160. The maximum absolute atomic E-state index is 9.21. The Labute approximate surface area is 173 Å². The van der Waals surface area contributed by atoms with E-state index in [9.17, 15) is 5.11 Å². The van der Waals surface area contributed by atoms with E-state index < -0.39 is 0 Å². The average Bonchev–Trinajstić information content (AvgIpc) is 2.59. The Balaban J connectivity index is 3.09. The Bertz CT molecular complexity index is 271. The van der Waals surface area contributed by atoms with Gasteiger partial charge < -0.3 is 10.0 Å². The van der Waals surface area contributed by atoms with Crippen LogP contribution in [-0.2, 0) is 0 Å². The maximum atomic E-state index is 9.21. The van der Waals surface area contributed by atoms with Gasteiger partial charge in [-0.05, 0) is 46.8 Å². The molecule has 3 heteroatoms. The lowest BCUT2D eigenvalue weighted by Gasteiger charge is -2.13. The van der Waals surface area contributed by atoms with Crippen LogP contribution < -0.4 is 0 Å². The summed E-state index contributed by atoms with van der Waals surface area (Å²) in [6.45, 7) is 3.09. The molecule has 2 atom stereocenters. The molecule has 0 saturated heterocycles. The van der Waals surface area contributed by atoms with E-state index in [-0.39, 0.29) is 6.10 Å². The van der Waals surface area contributed by atoms with Crippen molar-refractivity contribution in [2.45, 2.75) is 127 Å². The van der Waals surface area contributed by atoms with Crippen LogP contribution in [0.1, 0.15) is 116 Å². The van der Waals surface area contributed by atoms with Gasteiger partial charge in [-0.15, -0.1) is 0 Å². The summed E-state index contributed by atoms with van der Waals surface area (Å²) in [6.07, 6.45) is 23.0. The summed E-state index contributed by atoms with van der Waals surface area (Å²) in [5.41, 5.74) is 0. The number of aliphatic hydroxyl groups is 1. The van der Waals surface area contributed by atoms with Crippen LogP contribution >= 0.6 is 15.9 Å². The number of rotatable bonds is 20. The second kappa shape index (κ2) is 20.1. The lowest BCUT2D eigenvalue weighted by molar-refractivity contribution is 0.180. The number of hydrogen-bond acceptors (Lipinski definition) is 2. The highest BCUT2D eigenvalue weighted by molar-refractivity contribution is 9.09. The van der Waals surface area contributed by atoms with Gasteiger partial charge in [0.2, 0.25) is 0 Å². The molecule has 0 aliphatic heterocycles. The number of nitrogens with zero attached hydrogens (tertiary/aromatic N) is 1. The first kappa shape index (κ1) is 26.4. The van der Waals surface area contributed by atoms with E-state index in [1.165, 1.54) is 109 Å². The SMILES string of the molecule is CC(O)CCCCCCCCCCCCCCCCC(Br)CCN(C)C. The Kier molecular flexibility index (Phi) is 20.5. The highest BCUT2D eigenvalue weighted by Crippen LogP contribution is 2.17. The predicted octanol–water partition coefficient (Wildman–Crippen LogP) is 7.32. The number of unbranched alkanes of at least 4 members (excludes halogenated alkanes) is 13. The van der Waals surface area contributed by atoms with Crippen molar-refractivity contribution >= 4 is 15.9 Å². The minimum atomic E-state index is -0.107. The summed E-state index contributed by atoms with van der Waals surface area (Å²) < 4.78 is 0. The van der Waals surface area contributed by atoms with E-state index in [0.717, 1.165) is 6.42 Å². The van der Waals surface area contributed by atoms with Crippen LogP contribution in [0.2, 0.25) is 0 Å². The third-order valence-electron chi connectivity index (χ3n) is 5.28. The molecule has 0 saturated carbocycles. The van der Waals surface area contributed by atoms with Crippen LogP contribution in [0, 0.1) is 0 Å². The second-order valence-electron chi connectivity index (χ2n) is 8.57. The van der Waals surface area contributed by atoms with Gasteiger partial charge in [-0.1, -0.05) is 106 Å². The third-order valence-corrected chi connectivity index (χ3v) is 6.19. The minimum absolute atomic E-state index is 0.107. The monoisotopic (exact) mass is 433 g/mol. The van der Waals surface area contributed by atoms with Crippen molar-refractivity contribution in [3.63, 3.8) is 0 Å². The zero-order chi connectivity index (χ0) is 19.5. The lowest BCUT2D eigenvalue weighted by Crippen LogP contribution is -2.16. The first-order chi connectivity index (χ1) is 12.5. The zero-order valence-corrected chi connectivity index (χ0v) is 19.7. The molecule has 26 heavy (non-hydrogen) atoms. The van der Waals surface area contributed by atoms with Crippen molar-refractivity contribution in [1.82, 2.24) is 4.90 Å². The minimum Gasteiger partial charge on any atom is -0.393 e. The van der Waals surface area contributed by atoms with Gasteiger partial charge in [0.15, 0.2) is 0 Å². The molecule has 0 aromatic rings. The van der Waals surface area contributed by atoms with Gasteiger partial charge in [0.25, 0.3) is 0 Å². The van der Waals surface area contributed by atoms with Gasteiger partial charge in [-0.25, -0.2) is 0 Å². The highest BCUT2D eigenvalue weighted by Gasteiger charge is 2.04. The average molecular weight is 435 g/mol. The van der Waals surface area contributed by atoms with Crippen LogP contribution in [-0.4, -0.2) is 41.6 Å². The summed E-state index contributed by atoms with van der Waals surface area (Å²) in [6, 6.07) is 0. The van der Waals surface area contributed by atoms with E-state index in [2.05, 4.69) is 34.9 Å². The van der Waals surface area contributed by atoms with Gasteiger partial charge in [0.05, 0.1) is 6.10 Å². The first-order valence-corrected chi connectivity index (χ1v) is 12.4. The zero-order valence-electron chi connectivity index (χ0n) is 18.2. The topological polar surface area (TPSA) is 23.5 Å². The standard InChI is InChI=1S/C23H48BrNO/c1-22(26)18-16-14-12-10-8-6-4-5-7-9-11-13-15-17-19-23(24)20-21-25(2)3/h22-23,26H,4-21H2,1-3H3. The molecular formula is C23H48BrNO. The normalized spacial score (nSPS) is 14.1. The molecule has 0 heterocycles. The molecule has 0 aromatic carbocycles. The second-order valence-corrected chi connectivity index (χ2v) is 9.86. The number of hydrogen-bond donors (Lipinski definition) is 1. The van der Waals surface area contributed by atoms with Crippen molar-refractivity contribution in [3.8, 4) is 0 Å². The van der Waals surface area contributed by atoms with Crippen molar-refractivity contribution in [2.75, 3.05) is 20.6 Å². The van der Waals surface area contributed by atoms with Crippen LogP contribution in [0.25, 0.3) is 0 Å². The largest absolute Gasteiger partial charge is 0.393 e. The smallest absolute Gasteiger partial charge is 0.0512 e. The van der Waals surface area contributed by atoms with E-state index in [1.807, 2.05) is 6.92 Å². The molecule has 0 amide bonds. The van der Waals surface area contributed by atoms with Crippen molar-refractivity contribution in [3.05, 3.63) is 0 Å². The maximum Gasteiger partial charge on any atom is 0.0512 e. The van der Waals surface area contributed by atoms with Crippen molar-refractivity contribution in [1.29, 1.82) is 0 Å². The van der Waals surface area contributed by atoms with Crippen LogP contribution in [0.15, 0.2) is 0 Å². The Morgan fingerprint density at radius 2 is 0.962 bits per heavy atom. The lowest BCUT2D eigenvalue weighted by atomic mass is 10.0. The van der Waals surface area contributed by atoms with Gasteiger partial charge in [0, 0.05) is 4.83 Å². The van der Waals surface area contributed by atoms with Crippen LogP contribution in [0.5, 0.6) is 0 Å². The summed E-state index contributed by atoms with van der Waals surface area (Å²) >= 11 is 3.82. The fourth-order valence-electron chi connectivity index (χ4n) is 3.47. The van der Waals surface area contributed by atoms with Crippen molar-refractivity contribution < 1.29 is 5.11 Å². The molecular weight excluding hydrogens is 386 g/mol. The van der Waals surface area contributed by atoms with E-state index in [4.69, 9.17) is 0 Å². The molecule has 0 aromatic heterocycles. The number of aliphatic hydroxyl groups excluding tert-OH is 1. The molecule has 2 unspecified atom stereocenters. The van der Waals surface area contributed by atoms with E-state index in [1.54, 1.807) is 0 Å². The van der Waals surface area contributed by atoms with E-state index >= 15 is 0 Å². The number of halogens is 1. The first-order valence-electron chi connectivity index (χ1n) is 11.5. The van der Waals surface area contributed by atoms with Gasteiger partial charge in [-0.3, -0.25) is 0 Å². The van der Waals surface area contributed by atoms with Gasteiger partial charge in [0.1, 0.15) is 0 Å². The molecule has 0 radical (unpaired) electrons. The predicted molar refractivity (Wildman–Crippen MR) is 121 cm³/mol. The number of alkyl halides is 1. The summed E-state index contributed by atoms with van der Waals surface area (Å²) in [4.78, 5) is 2.98. The van der Waals surface area contributed by atoms with Crippen molar-refractivity contribution in [2.24, 2.45) is 0 Å². The molecule has 0 fully saturated rings. The molecule has 0 bridgehead atoms. The molecule has 0 rings (SSSR count). The third kappa shape index (κ3) is 22.4. The van der Waals surface area contributed by atoms with Gasteiger partial charge >= 0.3 is 0 Å². The fraction of sp³-hybridized carbons (Fsp3) is 1.00. The Morgan fingerprint density at radius 3 is 1.31 bits per heavy atom. The Morgan fingerprint density at radius 1 is 0.615 bits per heavy atom. The molecule has 1 N–H and O–H groups in total. The summed E-state index contributed by atoms with van der Waals surface area (Å²) in [7, 11) is 4.31. The Hall–Kier alpha value is 0.400. The van der Waals surface area contributed by atoms with Gasteiger partial charge in [-0.2, -0.15) is 0 Å². The molecule has 0 spiro atoms. The molecule has 0 aliphatic rings. The fourth-order valence-corrected chi connectivity index (χ4v) is 4.00. The molecule has 0 aliphatic carbocycles. The molecule has 158 valence electrons. The van der Waals surface area contributed by atoms with Crippen LogP contribution in [0.4, 0.5) is 0 Å². The summed E-state index contributed by atoms with van der Waals surface area (Å²) in [5.74, 6) is 0. The molecule has 2 nitrogen and oxygen atoms in total. The highest BCUT2D eigenvalue weighted by atomic mass is 79.9. The summed E-state index contributed by atoms with van der Waals surface area (Å²) in [5, 5.41) is 9.21. The van der Waals surface area contributed by atoms with Crippen LogP contribution in [0.3, 0.4) is 0 Å².